The molecule has 0 spiro atoms. The van der Waals surface area contributed by atoms with Crippen LogP contribution in [0.15, 0.2) is 30.3 Å². The van der Waals surface area contributed by atoms with Gasteiger partial charge in [0.1, 0.15) is 5.52 Å². The molecule has 20 heavy (non-hydrogen) atoms. The van der Waals surface area contributed by atoms with Gasteiger partial charge in [-0.2, -0.15) is 0 Å². The number of aromatic nitrogens is 2. The van der Waals surface area contributed by atoms with Gasteiger partial charge in [0.25, 0.3) is 0 Å². The highest BCUT2D eigenvalue weighted by Crippen LogP contribution is 2.28. The second kappa shape index (κ2) is 4.30. The van der Waals surface area contributed by atoms with E-state index in [0.717, 1.165) is 17.2 Å². The van der Waals surface area contributed by atoms with E-state index in [1.165, 1.54) is 10.6 Å². The Kier molecular flexibility index (Phi) is 2.71. The first-order valence-electron chi connectivity index (χ1n) is 6.18. The monoisotopic (exact) mass is 273 g/mol. The van der Waals surface area contributed by atoms with Crippen molar-refractivity contribution in [3.63, 3.8) is 0 Å². The van der Waals surface area contributed by atoms with Crippen molar-refractivity contribution in [1.82, 2.24) is 9.55 Å². The standard InChI is InChI=1S/C15H13F2N3/c1-8-3-6-12(9(2)7-8)20-14-11(19-15(20)18)5-4-10(16)13(14)17/h3-7H,1-2H3,(H2,18,19). The van der Waals surface area contributed by atoms with Gasteiger partial charge in [-0.25, -0.2) is 13.8 Å². The molecule has 0 amide bonds. The van der Waals surface area contributed by atoms with Gasteiger partial charge in [-0.05, 0) is 37.6 Å². The van der Waals surface area contributed by atoms with E-state index in [-0.39, 0.29) is 11.5 Å². The molecule has 3 nitrogen and oxygen atoms in total. The van der Waals surface area contributed by atoms with Crippen LogP contribution in [0.4, 0.5) is 14.7 Å². The third kappa shape index (κ3) is 1.74. The van der Waals surface area contributed by atoms with Crippen LogP contribution in [0.3, 0.4) is 0 Å². The van der Waals surface area contributed by atoms with Crippen molar-refractivity contribution >= 4 is 17.0 Å². The molecule has 1 aromatic heterocycles. The molecule has 0 unspecified atom stereocenters. The molecule has 0 aliphatic carbocycles. The summed E-state index contributed by atoms with van der Waals surface area (Å²) >= 11 is 0. The molecule has 102 valence electrons. The molecule has 0 fully saturated rings. The molecule has 1 heterocycles. The van der Waals surface area contributed by atoms with Crippen LogP contribution in [-0.4, -0.2) is 9.55 Å². The molecule has 3 aromatic rings. The second-order valence-corrected chi connectivity index (χ2v) is 4.82. The zero-order valence-corrected chi connectivity index (χ0v) is 11.1. The molecule has 0 atom stereocenters. The number of nitrogens with two attached hydrogens (primary N) is 1. The molecule has 0 bridgehead atoms. The largest absolute Gasteiger partial charge is 0.369 e. The summed E-state index contributed by atoms with van der Waals surface area (Å²) in [6, 6.07) is 8.15. The molecule has 0 radical (unpaired) electrons. The summed E-state index contributed by atoms with van der Waals surface area (Å²) in [6.07, 6.45) is 0. The topological polar surface area (TPSA) is 43.8 Å². The fraction of sp³-hybridized carbons (Fsp3) is 0.133. The summed E-state index contributed by atoms with van der Waals surface area (Å²) < 4.78 is 29.0. The number of halogens is 2. The molecule has 0 saturated heterocycles. The molecule has 0 aliphatic rings. The Hall–Kier alpha value is -2.43. The first-order chi connectivity index (χ1) is 9.49. The fourth-order valence-corrected chi connectivity index (χ4v) is 2.42. The summed E-state index contributed by atoms with van der Waals surface area (Å²) in [5.74, 6) is -1.72. The van der Waals surface area contributed by atoms with E-state index in [1.54, 1.807) is 0 Å². The number of rotatable bonds is 1. The molecule has 0 aliphatic heterocycles. The lowest BCUT2D eigenvalue weighted by Crippen LogP contribution is -2.04. The Morgan fingerprint density at radius 2 is 1.85 bits per heavy atom. The number of imidazole rings is 1. The fourth-order valence-electron chi connectivity index (χ4n) is 2.42. The zero-order chi connectivity index (χ0) is 14.4. The average Bonchev–Trinajstić information content (AvgIpc) is 2.72. The van der Waals surface area contributed by atoms with E-state index in [9.17, 15) is 8.78 Å². The predicted molar refractivity (Wildman–Crippen MR) is 74.9 cm³/mol. The van der Waals surface area contributed by atoms with Gasteiger partial charge < -0.3 is 5.73 Å². The lowest BCUT2D eigenvalue weighted by molar-refractivity contribution is 0.514. The molecular formula is C15H13F2N3. The molecule has 2 aromatic carbocycles. The van der Waals surface area contributed by atoms with Crippen molar-refractivity contribution in [3.8, 4) is 5.69 Å². The molecule has 3 rings (SSSR count). The average molecular weight is 273 g/mol. The van der Waals surface area contributed by atoms with Crippen molar-refractivity contribution in [2.24, 2.45) is 0 Å². The molecule has 5 heteroatoms. The third-order valence-corrected chi connectivity index (χ3v) is 3.33. The number of nitrogens with zero attached hydrogens (tertiary/aromatic N) is 2. The summed E-state index contributed by atoms with van der Waals surface area (Å²) in [5.41, 5.74) is 8.97. The van der Waals surface area contributed by atoms with Crippen molar-refractivity contribution in [2.75, 3.05) is 5.73 Å². The number of hydrogen-bond donors (Lipinski definition) is 1. The Balaban J connectivity index is 2.41. The van der Waals surface area contributed by atoms with Crippen molar-refractivity contribution in [1.29, 1.82) is 0 Å². The van der Waals surface area contributed by atoms with E-state index >= 15 is 0 Å². The summed E-state index contributed by atoms with van der Waals surface area (Å²) in [6.45, 7) is 3.86. The van der Waals surface area contributed by atoms with Crippen molar-refractivity contribution in [3.05, 3.63) is 53.1 Å². The van der Waals surface area contributed by atoms with Crippen LogP contribution >= 0.6 is 0 Å². The van der Waals surface area contributed by atoms with E-state index in [4.69, 9.17) is 5.73 Å². The van der Waals surface area contributed by atoms with Crippen molar-refractivity contribution in [2.45, 2.75) is 13.8 Å². The van der Waals surface area contributed by atoms with Gasteiger partial charge in [0.15, 0.2) is 11.6 Å². The van der Waals surface area contributed by atoms with Gasteiger partial charge >= 0.3 is 0 Å². The van der Waals surface area contributed by atoms with Gasteiger partial charge in [-0.3, -0.25) is 4.57 Å². The van der Waals surface area contributed by atoms with E-state index in [1.807, 2.05) is 32.0 Å². The number of hydrogen-bond acceptors (Lipinski definition) is 2. The SMILES string of the molecule is Cc1ccc(-n2c(N)nc3ccc(F)c(F)c32)c(C)c1. The van der Waals surface area contributed by atoms with Gasteiger partial charge in [-0.15, -0.1) is 0 Å². The minimum Gasteiger partial charge on any atom is -0.369 e. The summed E-state index contributed by atoms with van der Waals surface area (Å²) in [4.78, 5) is 4.09. The maximum Gasteiger partial charge on any atom is 0.206 e. The van der Waals surface area contributed by atoms with Gasteiger partial charge in [0.05, 0.1) is 11.2 Å². The number of aryl methyl sites for hydroxylation is 2. The molecule has 2 N–H and O–H groups in total. The van der Waals surface area contributed by atoms with Crippen LogP contribution in [0.1, 0.15) is 11.1 Å². The van der Waals surface area contributed by atoms with Crippen LogP contribution in [0.25, 0.3) is 16.7 Å². The first kappa shape index (κ1) is 12.6. The van der Waals surface area contributed by atoms with Gasteiger partial charge in [0.2, 0.25) is 5.95 Å². The number of benzene rings is 2. The quantitative estimate of drug-likeness (QED) is 0.737. The molecule has 0 saturated carbocycles. The Bertz CT molecular complexity index is 822. The van der Waals surface area contributed by atoms with Crippen LogP contribution in [-0.2, 0) is 0 Å². The van der Waals surface area contributed by atoms with Gasteiger partial charge in [-0.1, -0.05) is 17.7 Å². The predicted octanol–water partition coefficient (Wildman–Crippen LogP) is 3.50. The minimum atomic E-state index is -0.938. The van der Waals surface area contributed by atoms with Crippen LogP contribution in [0.5, 0.6) is 0 Å². The molecular weight excluding hydrogens is 260 g/mol. The summed E-state index contributed by atoms with van der Waals surface area (Å²) in [5, 5.41) is 0. The lowest BCUT2D eigenvalue weighted by Gasteiger charge is -2.11. The first-order valence-corrected chi connectivity index (χ1v) is 6.18. The Morgan fingerprint density at radius 1 is 1.10 bits per heavy atom. The highest BCUT2D eigenvalue weighted by molar-refractivity contribution is 5.82. The lowest BCUT2D eigenvalue weighted by atomic mass is 10.1. The highest BCUT2D eigenvalue weighted by atomic mass is 19.2. The number of fused-ring (bicyclic) bond motifs is 1. The smallest absolute Gasteiger partial charge is 0.206 e. The Morgan fingerprint density at radius 3 is 2.55 bits per heavy atom. The zero-order valence-electron chi connectivity index (χ0n) is 11.1. The minimum absolute atomic E-state index is 0.0643. The maximum absolute atomic E-state index is 14.1. The van der Waals surface area contributed by atoms with E-state index in [2.05, 4.69) is 4.98 Å². The Labute approximate surface area is 114 Å². The van der Waals surface area contributed by atoms with Crippen molar-refractivity contribution < 1.29 is 8.78 Å². The summed E-state index contributed by atoms with van der Waals surface area (Å²) in [7, 11) is 0. The van der Waals surface area contributed by atoms with Crippen LogP contribution < -0.4 is 5.73 Å². The third-order valence-electron chi connectivity index (χ3n) is 3.33. The van der Waals surface area contributed by atoms with E-state index in [0.29, 0.717) is 11.2 Å². The number of nitrogen functional groups attached to an aromatic ring is 1. The second-order valence-electron chi connectivity index (χ2n) is 4.82. The number of anilines is 1. The van der Waals surface area contributed by atoms with E-state index < -0.39 is 11.6 Å². The van der Waals surface area contributed by atoms with Gasteiger partial charge in [0, 0.05) is 0 Å². The van der Waals surface area contributed by atoms with Crippen LogP contribution in [0.2, 0.25) is 0 Å². The maximum atomic E-state index is 14.1. The van der Waals surface area contributed by atoms with Crippen LogP contribution in [0, 0.1) is 25.5 Å². The highest BCUT2D eigenvalue weighted by Gasteiger charge is 2.18. The normalized spacial score (nSPS) is 11.2.